The molecule has 0 saturated carbocycles. The Kier molecular flexibility index (Phi) is 7.59. The number of rotatable bonds is 6. The van der Waals surface area contributed by atoms with Crippen molar-refractivity contribution in [3.8, 4) is 0 Å². The number of carbonyl (C=O) groups is 2. The van der Waals surface area contributed by atoms with Gasteiger partial charge < -0.3 is 23.7 Å². The molecular formula is C19H23ClO7S. The van der Waals surface area contributed by atoms with Gasteiger partial charge in [0.1, 0.15) is 23.5 Å². The number of esters is 2. The van der Waals surface area contributed by atoms with E-state index in [2.05, 4.69) is 0 Å². The monoisotopic (exact) mass is 430 g/mol. The summed E-state index contributed by atoms with van der Waals surface area (Å²) in [5.74, 6) is -0.696. The van der Waals surface area contributed by atoms with Crippen molar-refractivity contribution in [2.45, 2.75) is 50.0 Å². The minimum absolute atomic E-state index is 0.263. The van der Waals surface area contributed by atoms with Crippen LogP contribution in [0.1, 0.15) is 25.7 Å². The minimum atomic E-state index is -0.837. The highest BCUT2D eigenvalue weighted by Gasteiger charge is 2.53. The van der Waals surface area contributed by atoms with Crippen molar-refractivity contribution in [3.05, 3.63) is 35.9 Å². The van der Waals surface area contributed by atoms with Crippen LogP contribution in [0.4, 0.5) is 0 Å². The Bertz CT molecular complexity index is 674. The van der Waals surface area contributed by atoms with Crippen LogP contribution in [0.2, 0.25) is 0 Å². The number of benzene rings is 1. The van der Waals surface area contributed by atoms with Gasteiger partial charge >= 0.3 is 11.9 Å². The van der Waals surface area contributed by atoms with E-state index in [0.717, 1.165) is 11.3 Å². The fourth-order valence-electron chi connectivity index (χ4n) is 3.26. The smallest absolute Gasteiger partial charge is 0.321 e. The predicted molar refractivity (Wildman–Crippen MR) is 103 cm³/mol. The summed E-state index contributed by atoms with van der Waals surface area (Å²) in [6, 6.07) is 9.43. The first kappa shape index (κ1) is 21.4. The zero-order chi connectivity index (χ0) is 20.1. The second-order valence-corrected chi connectivity index (χ2v) is 7.98. The zero-order valence-corrected chi connectivity index (χ0v) is 17.2. The van der Waals surface area contributed by atoms with Gasteiger partial charge in [-0.05, 0) is 5.75 Å². The van der Waals surface area contributed by atoms with Gasteiger partial charge in [-0.1, -0.05) is 37.3 Å². The number of carbonyl (C=O) groups excluding carboxylic acids is 2. The number of hydrogen-bond donors (Lipinski definition) is 0. The lowest BCUT2D eigenvalue weighted by molar-refractivity contribution is -0.320. The van der Waals surface area contributed by atoms with E-state index in [1.807, 2.05) is 37.3 Å². The molecule has 7 nitrogen and oxygen atoms in total. The summed E-state index contributed by atoms with van der Waals surface area (Å²) in [6.45, 7) is 3.53. The highest BCUT2D eigenvalue weighted by atomic mass is 35.5. The van der Waals surface area contributed by atoms with Crippen LogP contribution >= 0.6 is 23.4 Å². The fourth-order valence-corrected chi connectivity index (χ4v) is 4.27. The van der Waals surface area contributed by atoms with Crippen molar-refractivity contribution in [2.24, 2.45) is 0 Å². The number of ether oxygens (including phenoxy) is 5. The summed E-state index contributed by atoms with van der Waals surface area (Å²) in [4.78, 5) is 23.7. The van der Waals surface area contributed by atoms with Gasteiger partial charge in [0.2, 0.25) is 0 Å². The molecule has 1 unspecified atom stereocenters. The molecular weight excluding hydrogens is 408 g/mol. The van der Waals surface area contributed by atoms with Crippen LogP contribution in [-0.4, -0.2) is 60.0 Å². The molecule has 1 aromatic rings. The SMILES string of the molecule is CCS[C@@H]1O[C@@H]2COC(c3ccccc3)O[C@H]2[C@H](OC(C)=O)[C@H]1OC(=O)CCl. The van der Waals surface area contributed by atoms with Gasteiger partial charge in [0.05, 0.1) is 6.61 Å². The third-order valence-corrected chi connectivity index (χ3v) is 5.62. The van der Waals surface area contributed by atoms with Crippen molar-refractivity contribution < 1.29 is 33.3 Å². The molecule has 6 atom stereocenters. The maximum absolute atomic E-state index is 11.9. The second-order valence-electron chi connectivity index (χ2n) is 6.34. The van der Waals surface area contributed by atoms with Crippen LogP contribution in [0.5, 0.6) is 0 Å². The Morgan fingerprint density at radius 1 is 1.18 bits per heavy atom. The average molecular weight is 431 g/mol. The first-order chi connectivity index (χ1) is 13.5. The summed E-state index contributed by atoms with van der Waals surface area (Å²) in [5.41, 5.74) is 0.310. The van der Waals surface area contributed by atoms with E-state index >= 15 is 0 Å². The van der Waals surface area contributed by atoms with Gasteiger partial charge in [-0.3, -0.25) is 9.59 Å². The van der Waals surface area contributed by atoms with E-state index in [-0.39, 0.29) is 12.5 Å². The van der Waals surface area contributed by atoms with Crippen molar-refractivity contribution in [1.82, 2.24) is 0 Å². The van der Waals surface area contributed by atoms with Crippen LogP contribution < -0.4 is 0 Å². The lowest BCUT2D eigenvalue weighted by atomic mass is 9.98. The van der Waals surface area contributed by atoms with E-state index in [9.17, 15) is 9.59 Å². The van der Waals surface area contributed by atoms with Crippen molar-refractivity contribution >= 4 is 35.3 Å². The first-order valence-electron chi connectivity index (χ1n) is 9.05. The molecule has 154 valence electrons. The largest absolute Gasteiger partial charge is 0.456 e. The molecule has 2 fully saturated rings. The second kappa shape index (κ2) is 9.93. The molecule has 0 N–H and O–H groups in total. The third kappa shape index (κ3) is 4.99. The van der Waals surface area contributed by atoms with Crippen LogP contribution in [0.15, 0.2) is 30.3 Å². The van der Waals surface area contributed by atoms with Gasteiger partial charge in [0.25, 0.3) is 0 Å². The molecule has 0 aliphatic carbocycles. The highest BCUT2D eigenvalue weighted by Crippen LogP contribution is 2.39. The van der Waals surface area contributed by atoms with E-state index in [0.29, 0.717) is 0 Å². The lowest BCUT2D eigenvalue weighted by Crippen LogP contribution is -2.63. The van der Waals surface area contributed by atoms with Crippen LogP contribution in [0.25, 0.3) is 0 Å². The molecule has 3 rings (SSSR count). The number of thioether (sulfide) groups is 1. The quantitative estimate of drug-likeness (QED) is 0.503. The summed E-state index contributed by atoms with van der Waals surface area (Å²) in [6.07, 6.45) is -3.41. The lowest BCUT2D eigenvalue weighted by Gasteiger charge is -2.48. The Balaban J connectivity index is 1.86. The summed E-state index contributed by atoms with van der Waals surface area (Å²) >= 11 is 7.06. The van der Waals surface area contributed by atoms with Crippen molar-refractivity contribution in [1.29, 1.82) is 0 Å². The number of hydrogen-bond acceptors (Lipinski definition) is 8. The van der Waals surface area contributed by atoms with E-state index < -0.39 is 48.1 Å². The predicted octanol–water partition coefficient (Wildman–Crippen LogP) is 2.66. The molecule has 0 spiro atoms. The molecule has 0 aromatic heterocycles. The molecule has 9 heteroatoms. The van der Waals surface area contributed by atoms with E-state index in [4.69, 9.17) is 35.3 Å². The van der Waals surface area contributed by atoms with Crippen LogP contribution in [0.3, 0.4) is 0 Å². The molecule has 0 radical (unpaired) electrons. The van der Waals surface area contributed by atoms with E-state index in [1.165, 1.54) is 18.7 Å². The zero-order valence-electron chi connectivity index (χ0n) is 15.6. The van der Waals surface area contributed by atoms with Gasteiger partial charge in [-0.25, -0.2) is 0 Å². The summed E-state index contributed by atoms with van der Waals surface area (Å²) < 4.78 is 29.1. The van der Waals surface area contributed by atoms with Crippen LogP contribution in [-0.2, 0) is 33.3 Å². The first-order valence-corrected chi connectivity index (χ1v) is 10.6. The molecule has 2 aliphatic rings. The Hall–Kier alpha value is -1.32. The minimum Gasteiger partial charge on any atom is -0.456 e. The molecule has 2 saturated heterocycles. The third-order valence-electron chi connectivity index (χ3n) is 4.37. The average Bonchev–Trinajstić information content (AvgIpc) is 2.70. The maximum Gasteiger partial charge on any atom is 0.321 e. The molecule has 0 amide bonds. The number of alkyl halides is 1. The Morgan fingerprint density at radius 3 is 2.57 bits per heavy atom. The van der Waals surface area contributed by atoms with Gasteiger partial charge in [-0.2, -0.15) is 0 Å². The molecule has 2 heterocycles. The van der Waals surface area contributed by atoms with Crippen molar-refractivity contribution in [2.75, 3.05) is 18.2 Å². The molecule has 28 heavy (non-hydrogen) atoms. The normalized spacial score (nSPS) is 32.2. The number of fused-ring (bicyclic) bond motifs is 1. The summed E-state index contributed by atoms with van der Waals surface area (Å²) in [5, 5.41) is 0. The molecule has 1 aromatic carbocycles. The molecule has 2 aliphatic heterocycles. The van der Waals surface area contributed by atoms with Crippen LogP contribution in [0, 0.1) is 0 Å². The highest BCUT2D eigenvalue weighted by molar-refractivity contribution is 7.99. The van der Waals surface area contributed by atoms with Gasteiger partial charge in [0.15, 0.2) is 18.5 Å². The van der Waals surface area contributed by atoms with Gasteiger partial charge in [-0.15, -0.1) is 23.4 Å². The van der Waals surface area contributed by atoms with E-state index in [1.54, 1.807) is 0 Å². The Labute approximate surface area is 172 Å². The Morgan fingerprint density at radius 2 is 1.93 bits per heavy atom. The topological polar surface area (TPSA) is 80.3 Å². The molecule has 0 bridgehead atoms. The standard InChI is InChI=1S/C19H23ClO7S/c1-3-28-19-17(26-14(22)9-20)16(24-11(2)21)15-13(25-19)10-23-18(27-15)12-7-5-4-6-8-12/h4-8,13,15-19H,3,9-10H2,1-2H3/t13-,15-,16+,17-,18?,19+/m1/s1. The van der Waals surface area contributed by atoms with Crippen molar-refractivity contribution in [3.63, 3.8) is 0 Å². The maximum atomic E-state index is 11.9. The summed E-state index contributed by atoms with van der Waals surface area (Å²) in [7, 11) is 0. The number of halogens is 1. The van der Waals surface area contributed by atoms with Gasteiger partial charge in [0, 0.05) is 12.5 Å². The fraction of sp³-hybridized carbons (Fsp3) is 0.579.